The quantitative estimate of drug-likeness (QED) is 0.770. The van der Waals surface area contributed by atoms with Crippen molar-refractivity contribution in [1.82, 2.24) is 5.32 Å². The molecule has 3 heteroatoms. The lowest BCUT2D eigenvalue weighted by atomic mass is 10.0. The maximum absolute atomic E-state index is 11.3. The highest BCUT2D eigenvalue weighted by Gasteiger charge is 2.11. The molecule has 0 aromatic heterocycles. The van der Waals surface area contributed by atoms with Crippen molar-refractivity contribution in [3.05, 3.63) is 0 Å². The molecule has 0 saturated heterocycles. The lowest BCUT2D eigenvalue weighted by molar-refractivity contribution is -0.119. The van der Waals surface area contributed by atoms with Crippen LogP contribution in [0.15, 0.2) is 0 Å². The minimum absolute atomic E-state index is 0.139. The predicted molar refractivity (Wildman–Crippen MR) is 71.9 cm³/mol. The lowest BCUT2D eigenvalue weighted by Gasteiger charge is -2.17. The van der Waals surface area contributed by atoms with E-state index in [1.807, 2.05) is 0 Å². The average molecular weight is 290 g/mol. The summed E-state index contributed by atoms with van der Waals surface area (Å²) in [4.78, 5) is 11.3. The van der Waals surface area contributed by atoms with Crippen LogP contribution < -0.4 is 5.32 Å². The van der Waals surface area contributed by atoms with E-state index in [9.17, 15) is 4.79 Å². The minimum atomic E-state index is 0.139. The number of nitrogens with one attached hydrogen (secondary N) is 1. The number of carbonyl (C=O) groups excluding carboxylic acids is 1. The van der Waals surface area contributed by atoms with Gasteiger partial charge in [-0.15, -0.1) is 0 Å². The van der Waals surface area contributed by atoms with Crippen LogP contribution in [0.5, 0.6) is 0 Å². The van der Waals surface area contributed by atoms with E-state index in [-0.39, 0.29) is 5.91 Å². The van der Waals surface area contributed by atoms with E-state index in [1.165, 1.54) is 64.2 Å². The molecule has 0 heterocycles. The predicted octanol–water partition coefficient (Wildman–Crippen LogP) is 3.78. The lowest BCUT2D eigenvalue weighted by Crippen LogP contribution is -2.35. The van der Waals surface area contributed by atoms with E-state index in [4.69, 9.17) is 0 Å². The van der Waals surface area contributed by atoms with Crippen LogP contribution in [0.2, 0.25) is 0 Å². The third-order valence-corrected chi connectivity index (χ3v) is 3.85. The Morgan fingerprint density at radius 3 is 1.81 bits per heavy atom. The Morgan fingerprint density at radius 1 is 0.938 bits per heavy atom. The van der Waals surface area contributed by atoms with E-state index < -0.39 is 0 Å². The van der Waals surface area contributed by atoms with Crippen LogP contribution >= 0.6 is 15.9 Å². The molecule has 2 nitrogen and oxygen atoms in total. The largest absolute Gasteiger partial charge is 0.353 e. The topological polar surface area (TPSA) is 29.1 Å². The molecule has 1 saturated carbocycles. The standard InChI is InChI=1S/C13H24BrNO/c14-11-13(16)15-12-9-7-5-3-1-2-4-6-8-10-12/h12H,1-11H2,(H,15,16). The molecule has 1 aliphatic carbocycles. The van der Waals surface area contributed by atoms with Gasteiger partial charge in [-0.3, -0.25) is 4.79 Å². The summed E-state index contributed by atoms with van der Waals surface area (Å²) in [6.45, 7) is 0. The molecule has 1 aliphatic rings. The first-order valence-corrected chi connectivity index (χ1v) is 7.80. The van der Waals surface area contributed by atoms with Crippen molar-refractivity contribution in [1.29, 1.82) is 0 Å². The van der Waals surface area contributed by atoms with Gasteiger partial charge in [0.05, 0.1) is 5.33 Å². The summed E-state index contributed by atoms with van der Waals surface area (Å²) < 4.78 is 0. The zero-order chi connectivity index (χ0) is 11.6. The summed E-state index contributed by atoms with van der Waals surface area (Å²) in [5.74, 6) is 0.139. The van der Waals surface area contributed by atoms with Crippen molar-refractivity contribution >= 4 is 21.8 Å². The van der Waals surface area contributed by atoms with Gasteiger partial charge in [0.25, 0.3) is 0 Å². The fraction of sp³-hybridized carbons (Fsp3) is 0.923. The molecule has 0 aliphatic heterocycles. The van der Waals surface area contributed by atoms with Crippen molar-refractivity contribution < 1.29 is 4.79 Å². The van der Waals surface area contributed by atoms with E-state index in [0.717, 1.165) is 0 Å². The van der Waals surface area contributed by atoms with Gasteiger partial charge in [0.1, 0.15) is 0 Å². The molecule has 0 radical (unpaired) electrons. The monoisotopic (exact) mass is 289 g/mol. The summed E-state index contributed by atoms with van der Waals surface area (Å²) >= 11 is 3.20. The van der Waals surface area contributed by atoms with Gasteiger partial charge in [0, 0.05) is 6.04 Å². The smallest absolute Gasteiger partial charge is 0.230 e. The first-order valence-electron chi connectivity index (χ1n) is 6.68. The first kappa shape index (κ1) is 14.0. The van der Waals surface area contributed by atoms with Gasteiger partial charge in [0.15, 0.2) is 0 Å². The normalized spacial score (nSPS) is 21.1. The maximum Gasteiger partial charge on any atom is 0.230 e. The van der Waals surface area contributed by atoms with Crippen LogP contribution in [0.25, 0.3) is 0 Å². The average Bonchev–Trinajstić information content (AvgIpc) is 2.35. The fourth-order valence-corrected chi connectivity index (χ4v) is 2.56. The molecule has 0 unspecified atom stereocenters. The molecule has 1 N–H and O–H groups in total. The van der Waals surface area contributed by atoms with E-state index in [0.29, 0.717) is 11.4 Å². The number of alkyl halides is 1. The summed E-state index contributed by atoms with van der Waals surface area (Å²) in [5.41, 5.74) is 0. The molecule has 94 valence electrons. The molecule has 0 bridgehead atoms. The van der Waals surface area contributed by atoms with Crippen molar-refractivity contribution in [3.8, 4) is 0 Å². The Labute approximate surface area is 108 Å². The molecule has 0 spiro atoms. The summed E-state index contributed by atoms with van der Waals surface area (Å²) in [6.07, 6.45) is 13.1. The molecule has 1 fully saturated rings. The molecule has 0 aromatic carbocycles. The van der Waals surface area contributed by atoms with Gasteiger partial charge in [-0.05, 0) is 12.8 Å². The van der Waals surface area contributed by atoms with Gasteiger partial charge in [0.2, 0.25) is 5.91 Å². The summed E-state index contributed by atoms with van der Waals surface area (Å²) in [5, 5.41) is 3.55. The van der Waals surface area contributed by atoms with Crippen LogP contribution in [-0.2, 0) is 4.79 Å². The maximum atomic E-state index is 11.3. The second-order valence-electron chi connectivity index (χ2n) is 4.80. The molecular formula is C13H24BrNO. The Morgan fingerprint density at radius 2 is 1.38 bits per heavy atom. The van der Waals surface area contributed by atoms with Gasteiger partial charge in [-0.2, -0.15) is 0 Å². The van der Waals surface area contributed by atoms with E-state index in [2.05, 4.69) is 21.2 Å². The van der Waals surface area contributed by atoms with Crippen LogP contribution in [0.3, 0.4) is 0 Å². The molecule has 0 atom stereocenters. The van der Waals surface area contributed by atoms with Gasteiger partial charge in [-0.1, -0.05) is 67.3 Å². The van der Waals surface area contributed by atoms with Crippen LogP contribution in [0, 0.1) is 0 Å². The van der Waals surface area contributed by atoms with Gasteiger partial charge in [-0.25, -0.2) is 0 Å². The Balaban J connectivity index is 2.30. The highest BCUT2D eigenvalue weighted by molar-refractivity contribution is 9.09. The van der Waals surface area contributed by atoms with Crippen LogP contribution in [-0.4, -0.2) is 17.3 Å². The zero-order valence-corrected chi connectivity index (χ0v) is 11.7. The van der Waals surface area contributed by atoms with Gasteiger partial charge >= 0.3 is 0 Å². The van der Waals surface area contributed by atoms with Crippen molar-refractivity contribution in [2.75, 3.05) is 5.33 Å². The molecule has 0 aromatic rings. The van der Waals surface area contributed by atoms with Crippen LogP contribution in [0.1, 0.15) is 64.2 Å². The fourth-order valence-electron chi connectivity index (χ4n) is 2.40. The number of carbonyl (C=O) groups is 1. The Bertz CT molecular complexity index is 184. The Hall–Kier alpha value is -0.0500. The third-order valence-electron chi connectivity index (χ3n) is 3.34. The van der Waals surface area contributed by atoms with Crippen LogP contribution in [0.4, 0.5) is 0 Å². The molecule has 1 amide bonds. The summed E-state index contributed by atoms with van der Waals surface area (Å²) in [6, 6.07) is 0.420. The number of amides is 1. The van der Waals surface area contributed by atoms with E-state index in [1.54, 1.807) is 0 Å². The second kappa shape index (κ2) is 9.03. The highest BCUT2D eigenvalue weighted by atomic mass is 79.9. The van der Waals surface area contributed by atoms with Gasteiger partial charge < -0.3 is 5.32 Å². The highest BCUT2D eigenvalue weighted by Crippen LogP contribution is 2.16. The van der Waals surface area contributed by atoms with Crippen molar-refractivity contribution in [3.63, 3.8) is 0 Å². The second-order valence-corrected chi connectivity index (χ2v) is 5.36. The zero-order valence-electron chi connectivity index (χ0n) is 10.1. The number of hydrogen-bond acceptors (Lipinski definition) is 1. The molecule has 1 rings (SSSR count). The van der Waals surface area contributed by atoms with Crippen molar-refractivity contribution in [2.45, 2.75) is 70.3 Å². The van der Waals surface area contributed by atoms with E-state index >= 15 is 0 Å². The minimum Gasteiger partial charge on any atom is -0.353 e. The SMILES string of the molecule is O=C(CBr)NC1CCCCCCCCCC1. The number of halogens is 1. The Kier molecular flexibility index (Phi) is 7.91. The molecular weight excluding hydrogens is 266 g/mol. The first-order chi connectivity index (χ1) is 7.83. The third kappa shape index (κ3) is 6.51. The summed E-state index contributed by atoms with van der Waals surface area (Å²) in [7, 11) is 0. The molecule has 16 heavy (non-hydrogen) atoms. The van der Waals surface area contributed by atoms with Crippen molar-refractivity contribution in [2.24, 2.45) is 0 Å². The number of hydrogen-bond donors (Lipinski definition) is 1. The number of rotatable bonds is 2.